The van der Waals surface area contributed by atoms with Gasteiger partial charge in [-0.1, -0.05) is 0 Å². The Bertz CT molecular complexity index is 2030. The van der Waals surface area contributed by atoms with Crippen LogP contribution in [0.3, 0.4) is 0 Å². The Balaban J connectivity index is 1.69. The zero-order valence-corrected chi connectivity index (χ0v) is 28.3. The monoisotopic (exact) mass is 559 g/mol. The molecule has 0 radical (unpaired) electrons. The maximum absolute atomic E-state index is 6.79. The Morgan fingerprint density at radius 2 is 0.524 bits per heavy atom. The van der Waals surface area contributed by atoms with E-state index in [-0.39, 0.29) is 0 Å². The van der Waals surface area contributed by atoms with E-state index in [2.05, 4.69) is 109 Å². The standard InChI is InChI=1S/C39H45NO2/c1-16-18(3)26(11)36-30(20(16)5)32-22(7)24(9)34(28(13)38(32)41-36)40(15)35-25(10)23(8)33-31-21(6)17(2)19(4)27(12)37(31)42-39(33)29(35)14/h1-15H3. The fourth-order valence-electron chi connectivity index (χ4n) is 7.82. The van der Waals surface area contributed by atoms with Gasteiger partial charge in [0.25, 0.3) is 0 Å². The van der Waals surface area contributed by atoms with Crippen LogP contribution in [0.15, 0.2) is 8.83 Å². The lowest BCUT2D eigenvalue weighted by Gasteiger charge is -2.29. The third kappa shape index (κ3) is 3.34. The number of benzene rings is 4. The van der Waals surface area contributed by atoms with Crippen molar-refractivity contribution in [2.24, 2.45) is 0 Å². The second-order valence-electron chi connectivity index (χ2n) is 13.0. The lowest BCUT2D eigenvalue weighted by Crippen LogP contribution is -2.16. The fraction of sp³-hybridized carbons (Fsp3) is 0.385. The summed E-state index contributed by atoms with van der Waals surface area (Å²) >= 11 is 0. The van der Waals surface area contributed by atoms with Gasteiger partial charge in [-0.3, -0.25) is 0 Å². The summed E-state index contributed by atoms with van der Waals surface area (Å²) < 4.78 is 13.6. The Hall–Kier alpha value is -3.72. The van der Waals surface area contributed by atoms with E-state index in [0.717, 1.165) is 22.3 Å². The summed E-state index contributed by atoms with van der Waals surface area (Å²) in [6.07, 6.45) is 0. The Kier molecular flexibility index (Phi) is 6.18. The first-order valence-electron chi connectivity index (χ1n) is 15.2. The molecule has 0 saturated heterocycles. The largest absolute Gasteiger partial charge is 0.455 e. The highest BCUT2D eigenvalue weighted by Gasteiger charge is 2.28. The van der Waals surface area contributed by atoms with Crippen molar-refractivity contribution < 1.29 is 8.83 Å². The molecule has 0 fully saturated rings. The van der Waals surface area contributed by atoms with Crippen molar-refractivity contribution in [1.82, 2.24) is 0 Å². The summed E-state index contributed by atoms with van der Waals surface area (Å²) in [6, 6.07) is 0. The summed E-state index contributed by atoms with van der Waals surface area (Å²) in [6.45, 7) is 31.3. The van der Waals surface area contributed by atoms with Gasteiger partial charge in [-0.25, -0.2) is 0 Å². The molecule has 2 aromatic heterocycles. The molecular weight excluding hydrogens is 514 g/mol. The van der Waals surface area contributed by atoms with Crippen LogP contribution < -0.4 is 4.90 Å². The molecule has 2 heterocycles. The van der Waals surface area contributed by atoms with Gasteiger partial charge in [0, 0.05) is 39.7 Å². The predicted octanol–water partition coefficient (Wildman–Crippen LogP) is 11.6. The smallest absolute Gasteiger partial charge is 0.140 e. The van der Waals surface area contributed by atoms with Gasteiger partial charge in [-0.2, -0.15) is 0 Å². The zero-order valence-electron chi connectivity index (χ0n) is 28.3. The summed E-state index contributed by atoms with van der Waals surface area (Å²) in [5.74, 6) is 0. The lowest BCUT2D eigenvalue weighted by atomic mass is 9.89. The fourth-order valence-corrected chi connectivity index (χ4v) is 7.82. The SMILES string of the molecule is Cc1c(C)c(C)c2c(oc3c(C)c(N(C)c4c(C)c(C)c5c(oc6c(C)c(C)c(C)c(C)c65)c4C)c(C)c(C)c32)c1C. The number of aryl methyl sites for hydroxylation is 8. The van der Waals surface area contributed by atoms with Gasteiger partial charge < -0.3 is 13.7 Å². The van der Waals surface area contributed by atoms with E-state index in [1.807, 2.05) is 0 Å². The van der Waals surface area contributed by atoms with Gasteiger partial charge in [-0.15, -0.1) is 0 Å². The van der Waals surface area contributed by atoms with Crippen LogP contribution in [0.2, 0.25) is 0 Å². The van der Waals surface area contributed by atoms with E-state index >= 15 is 0 Å². The first-order chi connectivity index (χ1) is 19.6. The molecule has 6 rings (SSSR count). The molecule has 4 aromatic carbocycles. The van der Waals surface area contributed by atoms with Crippen LogP contribution in [-0.2, 0) is 0 Å². The molecule has 0 unspecified atom stereocenters. The number of anilines is 2. The average Bonchev–Trinajstić information content (AvgIpc) is 3.56. The van der Waals surface area contributed by atoms with Crippen molar-refractivity contribution in [3.8, 4) is 0 Å². The minimum atomic E-state index is 1.00. The van der Waals surface area contributed by atoms with Crippen molar-refractivity contribution in [1.29, 1.82) is 0 Å². The predicted molar refractivity (Wildman–Crippen MR) is 182 cm³/mol. The molecule has 0 aliphatic rings. The minimum absolute atomic E-state index is 1.00. The Labute approximate surface area is 250 Å². The highest BCUT2D eigenvalue weighted by molar-refractivity contribution is 6.14. The Morgan fingerprint density at radius 1 is 0.286 bits per heavy atom. The topological polar surface area (TPSA) is 29.5 Å². The molecule has 0 amide bonds. The quantitative estimate of drug-likeness (QED) is 0.211. The summed E-state index contributed by atoms with van der Waals surface area (Å²) in [4.78, 5) is 2.39. The number of furan rings is 2. The van der Waals surface area contributed by atoms with E-state index in [0.29, 0.717) is 0 Å². The summed E-state index contributed by atoms with van der Waals surface area (Å²) in [5.41, 5.74) is 24.5. The van der Waals surface area contributed by atoms with Crippen LogP contribution >= 0.6 is 0 Å². The van der Waals surface area contributed by atoms with E-state index in [9.17, 15) is 0 Å². The van der Waals surface area contributed by atoms with Gasteiger partial charge in [0.05, 0.1) is 11.4 Å². The van der Waals surface area contributed by atoms with Gasteiger partial charge >= 0.3 is 0 Å². The van der Waals surface area contributed by atoms with Crippen LogP contribution in [0, 0.1) is 96.9 Å². The molecule has 0 atom stereocenters. The van der Waals surface area contributed by atoms with Crippen molar-refractivity contribution in [2.75, 3.05) is 11.9 Å². The van der Waals surface area contributed by atoms with Gasteiger partial charge in [-0.05, 0) is 164 Å². The zero-order chi connectivity index (χ0) is 30.8. The molecule has 3 heteroatoms. The van der Waals surface area contributed by atoms with Crippen LogP contribution in [0.1, 0.15) is 77.9 Å². The molecule has 6 aromatic rings. The number of nitrogens with zero attached hydrogens (tertiary/aromatic N) is 1. The molecule has 0 saturated carbocycles. The second kappa shape index (κ2) is 9.14. The van der Waals surface area contributed by atoms with Crippen LogP contribution in [-0.4, -0.2) is 7.05 Å². The highest BCUT2D eigenvalue weighted by atomic mass is 16.3. The van der Waals surface area contributed by atoms with Crippen molar-refractivity contribution >= 4 is 55.3 Å². The second-order valence-corrected chi connectivity index (χ2v) is 13.0. The number of hydrogen-bond donors (Lipinski definition) is 0. The number of fused-ring (bicyclic) bond motifs is 6. The molecule has 218 valence electrons. The molecule has 42 heavy (non-hydrogen) atoms. The van der Waals surface area contributed by atoms with Crippen LogP contribution in [0.5, 0.6) is 0 Å². The van der Waals surface area contributed by atoms with E-state index in [1.165, 1.54) is 111 Å². The van der Waals surface area contributed by atoms with E-state index < -0.39 is 0 Å². The molecule has 0 bridgehead atoms. The highest BCUT2D eigenvalue weighted by Crippen LogP contribution is 2.48. The number of hydrogen-bond acceptors (Lipinski definition) is 3. The third-order valence-electron chi connectivity index (χ3n) is 11.3. The maximum atomic E-state index is 6.79. The molecule has 3 nitrogen and oxygen atoms in total. The maximum Gasteiger partial charge on any atom is 0.140 e. The minimum Gasteiger partial charge on any atom is -0.455 e. The molecule has 0 aliphatic carbocycles. The first kappa shape index (κ1) is 28.4. The average molecular weight is 560 g/mol. The van der Waals surface area contributed by atoms with Crippen LogP contribution in [0.4, 0.5) is 11.4 Å². The van der Waals surface area contributed by atoms with Gasteiger partial charge in [0.1, 0.15) is 22.3 Å². The Morgan fingerprint density at radius 3 is 0.833 bits per heavy atom. The van der Waals surface area contributed by atoms with Gasteiger partial charge in [0.15, 0.2) is 0 Å². The van der Waals surface area contributed by atoms with E-state index in [1.54, 1.807) is 0 Å². The third-order valence-corrected chi connectivity index (χ3v) is 11.3. The first-order valence-corrected chi connectivity index (χ1v) is 15.2. The summed E-state index contributed by atoms with van der Waals surface area (Å²) in [5, 5.41) is 5.06. The van der Waals surface area contributed by atoms with Crippen molar-refractivity contribution in [2.45, 2.75) is 96.9 Å². The number of rotatable bonds is 2. The van der Waals surface area contributed by atoms with E-state index in [4.69, 9.17) is 8.83 Å². The molecule has 0 aliphatic heterocycles. The molecule has 0 spiro atoms. The lowest BCUT2D eigenvalue weighted by molar-refractivity contribution is 0.661. The normalized spacial score (nSPS) is 12.2. The molecular formula is C39H45NO2. The van der Waals surface area contributed by atoms with Crippen molar-refractivity contribution in [3.05, 3.63) is 77.9 Å². The van der Waals surface area contributed by atoms with Gasteiger partial charge in [0.2, 0.25) is 0 Å². The van der Waals surface area contributed by atoms with Crippen LogP contribution in [0.25, 0.3) is 43.9 Å². The summed E-state index contributed by atoms with van der Waals surface area (Å²) in [7, 11) is 2.21. The molecule has 0 N–H and O–H groups in total. The van der Waals surface area contributed by atoms with Crippen molar-refractivity contribution in [3.63, 3.8) is 0 Å².